The van der Waals surface area contributed by atoms with Crippen LogP contribution in [0.15, 0.2) is 12.1 Å². The minimum atomic E-state index is 0.382. The van der Waals surface area contributed by atoms with Gasteiger partial charge in [-0.1, -0.05) is 12.2 Å². The van der Waals surface area contributed by atoms with Gasteiger partial charge in [0.25, 0.3) is 0 Å². The fourth-order valence-corrected chi connectivity index (χ4v) is 1.66. The molecule has 1 aromatic heterocycles. The first-order valence-electron chi connectivity index (χ1n) is 5.66. The average Bonchev–Trinajstić information content (AvgIpc) is 2.23. The topological polar surface area (TPSA) is 54.2 Å². The number of nitrogens with zero attached hydrogens (tertiary/aromatic N) is 2. The van der Waals surface area contributed by atoms with Crippen LogP contribution in [0.2, 0.25) is 0 Å². The molecule has 0 saturated heterocycles. The van der Waals surface area contributed by atoms with E-state index in [1.807, 2.05) is 19.1 Å². The van der Waals surface area contributed by atoms with Gasteiger partial charge in [0.2, 0.25) is 0 Å². The molecule has 4 nitrogen and oxygen atoms in total. The second kappa shape index (κ2) is 6.51. The molecule has 1 heterocycles. The summed E-state index contributed by atoms with van der Waals surface area (Å²) in [5.41, 5.74) is 7.43. The summed E-state index contributed by atoms with van der Waals surface area (Å²) in [6, 6.07) is 3.83. The molecule has 0 radical (unpaired) electrons. The Balaban J connectivity index is 2.62. The molecule has 0 aliphatic rings. The Bertz CT molecular complexity index is 390. The normalized spacial score (nSPS) is 10.6. The third-order valence-electron chi connectivity index (χ3n) is 2.37. The van der Waals surface area contributed by atoms with Crippen LogP contribution in [0.25, 0.3) is 0 Å². The third kappa shape index (κ3) is 4.66. The first kappa shape index (κ1) is 13.9. The van der Waals surface area contributed by atoms with E-state index in [4.69, 9.17) is 18.0 Å². The maximum atomic E-state index is 5.66. The van der Waals surface area contributed by atoms with Crippen LogP contribution < -0.4 is 11.1 Å². The van der Waals surface area contributed by atoms with Gasteiger partial charge in [-0.3, -0.25) is 0 Å². The summed E-state index contributed by atoms with van der Waals surface area (Å²) in [7, 11) is 4.12. The van der Waals surface area contributed by atoms with E-state index in [1.54, 1.807) is 0 Å². The summed E-state index contributed by atoms with van der Waals surface area (Å²) < 4.78 is 0. The Labute approximate surface area is 108 Å². The summed E-state index contributed by atoms with van der Waals surface area (Å²) in [4.78, 5) is 6.95. The van der Waals surface area contributed by atoms with E-state index in [-0.39, 0.29) is 0 Å². The maximum Gasteiger partial charge on any atom is 0.136 e. The molecule has 0 atom stereocenters. The van der Waals surface area contributed by atoms with Crippen molar-refractivity contribution in [2.75, 3.05) is 32.5 Å². The third-order valence-corrected chi connectivity index (χ3v) is 2.59. The van der Waals surface area contributed by atoms with Crippen molar-refractivity contribution < 1.29 is 0 Å². The molecule has 94 valence electrons. The first-order valence-corrected chi connectivity index (χ1v) is 6.07. The minimum absolute atomic E-state index is 0.382. The number of aryl methyl sites for hydroxylation is 1. The van der Waals surface area contributed by atoms with Gasteiger partial charge in [0.1, 0.15) is 10.8 Å². The van der Waals surface area contributed by atoms with Crippen LogP contribution >= 0.6 is 12.2 Å². The molecule has 1 aromatic rings. The number of nitrogens with two attached hydrogens (primary N) is 1. The van der Waals surface area contributed by atoms with Gasteiger partial charge in [0, 0.05) is 12.2 Å². The predicted molar refractivity (Wildman–Crippen MR) is 76.5 cm³/mol. The molecule has 0 bridgehead atoms. The lowest BCUT2D eigenvalue weighted by molar-refractivity contribution is 0.405. The standard InChI is InChI=1S/C12H20N4S/c1-9-5-6-10(11(13)17)12(15-9)14-7-4-8-16(2)3/h5-6H,4,7-8H2,1-3H3,(H2,13,17)(H,14,15). The van der Waals surface area contributed by atoms with Crippen LogP contribution in [0.3, 0.4) is 0 Å². The van der Waals surface area contributed by atoms with Crippen LogP contribution in [0.4, 0.5) is 5.82 Å². The Morgan fingerprint density at radius 1 is 1.47 bits per heavy atom. The molecule has 17 heavy (non-hydrogen) atoms. The number of aromatic nitrogens is 1. The van der Waals surface area contributed by atoms with Crippen LogP contribution in [-0.2, 0) is 0 Å². The molecule has 1 rings (SSSR count). The molecule has 0 aromatic carbocycles. The largest absolute Gasteiger partial charge is 0.389 e. The highest BCUT2D eigenvalue weighted by molar-refractivity contribution is 7.80. The van der Waals surface area contributed by atoms with E-state index < -0.39 is 0 Å². The average molecular weight is 252 g/mol. The lowest BCUT2D eigenvalue weighted by Gasteiger charge is -2.12. The highest BCUT2D eigenvalue weighted by atomic mass is 32.1. The molecule has 0 saturated carbocycles. The summed E-state index contributed by atoms with van der Waals surface area (Å²) >= 11 is 5.00. The Morgan fingerprint density at radius 3 is 2.76 bits per heavy atom. The highest BCUT2D eigenvalue weighted by Gasteiger charge is 2.06. The van der Waals surface area contributed by atoms with Gasteiger partial charge in [-0.05, 0) is 46.1 Å². The number of nitrogens with one attached hydrogen (secondary N) is 1. The van der Waals surface area contributed by atoms with Gasteiger partial charge >= 0.3 is 0 Å². The minimum Gasteiger partial charge on any atom is -0.389 e. The second-order valence-corrected chi connectivity index (χ2v) is 4.74. The highest BCUT2D eigenvalue weighted by Crippen LogP contribution is 2.13. The van der Waals surface area contributed by atoms with Crippen molar-refractivity contribution in [3.05, 3.63) is 23.4 Å². The summed E-state index contributed by atoms with van der Waals surface area (Å²) in [5.74, 6) is 0.788. The summed E-state index contributed by atoms with van der Waals surface area (Å²) in [5, 5.41) is 3.29. The van der Waals surface area contributed by atoms with Crippen molar-refractivity contribution in [1.82, 2.24) is 9.88 Å². The lowest BCUT2D eigenvalue weighted by Crippen LogP contribution is -2.19. The van der Waals surface area contributed by atoms with E-state index in [9.17, 15) is 0 Å². The lowest BCUT2D eigenvalue weighted by atomic mass is 10.2. The molecule has 0 aliphatic carbocycles. The van der Waals surface area contributed by atoms with Crippen molar-refractivity contribution in [2.45, 2.75) is 13.3 Å². The predicted octanol–water partition coefficient (Wildman–Crippen LogP) is 1.39. The summed E-state index contributed by atoms with van der Waals surface area (Å²) in [6.07, 6.45) is 1.05. The van der Waals surface area contributed by atoms with Crippen molar-refractivity contribution in [2.24, 2.45) is 5.73 Å². The molecule has 0 spiro atoms. The van der Waals surface area contributed by atoms with Gasteiger partial charge in [-0.15, -0.1) is 0 Å². The van der Waals surface area contributed by atoms with Gasteiger partial charge in [-0.2, -0.15) is 0 Å². The van der Waals surface area contributed by atoms with E-state index >= 15 is 0 Å². The molecule has 0 aliphatic heterocycles. The fourth-order valence-electron chi connectivity index (χ4n) is 1.49. The molecule has 0 amide bonds. The zero-order valence-corrected chi connectivity index (χ0v) is 11.5. The Hall–Kier alpha value is -1.20. The van der Waals surface area contributed by atoms with Crippen molar-refractivity contribution in [3.8, 4) is 0 Å². The van der Waals surface area contributed by atoms with Crippen molar-refractivity contribution in [3.63, 3.8) is 0 Å². The number of hydrogen-bond donors (Lipinski definition) is 2. The van der Waals surface area contributed by atoms with Crippen LogP contribution in [0, 0.1) is 6.92 Å². The zero-order valence-electron chi connectivity index (χ0n) is 10.7. The molecular weight excluding hydrogens is 232 g/mol. The van der Waals surface area contributed by atoms with Crippen molar-refractivity contribution >= 4 is 23.0 Å². The molecule has 0 unspecified atom stereocenters. The van der Waals surface area contributed by atoms with Crippen LogP contribution in [0.5, 0.6) is 0 Å². The SMILES string of the molecule is Cc1ccc(C(N)=S)c(NCCCN(C)C)n1. The van der Waals surface area contributed by atoms with Gasteiger partial charge < -0.3 is 16.0 Å². The van der Waals surface area contributed by atoms with Gasteiger partial charge in [0.15, 0.2) is 0 Å². The Morgan fingerprint density at radius 2 is 2.18 bits per heavy atom. The number of hydrogen-bond acceptors (Lipinski definition) is 4. The molecule has 0 fully saturated rings. The smallest absolute Gasteiger partial charge is 0.136 e. The quantitative estimate of drug-likeness (QED) is 0.592. The Kier molecular flexibility index (Phi) is 5.31. The number of thiocarbonyl (C=S) groups is 1. The molecule has 3 N–H and O–H groups in total. The molecule has 5 heteroatoms. The van der Waals surface area contributed by atoms with Crippen molar-refractivity contribution in [1.29, 1.82) is 0 Å². The van der Waals surface area contributed by atoms with Gasteiger partial charge in [0.05, 0.1) is 5.56 Å². The number of rotatable bonds is 6. The maximum absolute atomic E-state index is 5.66. The number of anilines is 1. The van der Waals surface area contributed by atoms with E-state index in [0.717, 1.165) is 36.6 Å². The monoisotopic (exact) mass is 252 g/mol. The van der Waals surface area contributed by atoms with Crippen LogP contribution in [0.1, 0.15) is 17.7 Å². The first-order chi connectivity index (χ1) is 8.00. The van der Waals surface area contributed by atoms with E-state index in [1.165, 1.54) is 0 Å². The van der Waals surface area contributed by atoms with Gasteiger partial charge in [-0.25, -0.2) is 4.98 Å². The van der Waals surface area contributed by atoms with E-state index in [0.29, 0.717) is 4.99 Å². The second-order valence-electron chi connectivity index (χ2n) is 4.30. The molecular formula is C12H20N4S. The summed E-state index contributed by atoms with van der Waals surface area (Å²) in [6.45, 7) is 3.86. The fraction of sp³-hybridized carbons (Fsp3) is 0.500. The number of pyridine rings is 1. The van der Waals surface area contributed by atoms with Crippen LogP contribution in [-0.4, -0.2) is 42.1 Å². The van der Waals surface area contributed by atoms with E-state index in [2.05, 4.69) is 29.3 Å². The zero-order chi connectivity index (χ0) is 12.8.